The van der Waals surface area contributed by atoms with E-state index >= 15 is 0 Å². The molecule has 1 atom stereocenters. The van der Waals surface area contributed by atoms with Crippen molar-refractivity contribution in [1.82, 2.24) is 9.29 Å². The lowest BCUT2D eigenvalue weighted by molar-refractivity contribution is 0.0594. The zero-order valence-corrected chi connectivity index (χ0v) is 18.1. The molecule has 2 aromatic rings. The van der Waals surface area contributed by atoms with Crippen LogP contribution in [0.3, 0.4) is 0 Å². The number of hydrogen-bond donors (Lipinski definition) is 1. The lowest BCUT2D eigenvalue weighted by Crippen LogP contribution is -2.43. The number of esters is 1. The van der Waals surface area contributed by atoms with Gasteiger partial charge in [0.1, 0.15) is 5.69 Å². The van der Waals surface area contributed by atoms with Gasteiger partial charge in [0.15, 0.2) is 5.78 Å². The quantitative estimate of drug-likeness (QED) is 0.403. The second-order valence-electron chi connectivity index (χ2n) is 6.83. The van der Waals surface area contributed by atoms with E-state index in [1.807, 2.05) is 6.92 Å². The van der Waals surface area contributed by atoms with Crippen molar-refractivity contribution in [2.75, 3.05) is 13.7 Å². The van der Waals surface area contributed by atoms with Crippen LogP contribution in [0.2, 0.25) is 0 Å². The third-order valence-electron chi connectivity index (χ3n) is 4.82. The molecule has 2 rings (SSSR count). The van der Waals surface area contributed by atoms with Crippen LogP contribution in [0.15, 0.2) is 41.8 Å². The summed E-state index contributed by atoms with van der Waals surface area (Å²) < 4.78 is 32.2. The molecular weight excluding hydrogens is 392 g/mol. The minimum absolute atomic E-state index is 0.0322. The molecule has 29 heavy (non-hydrogen) atoms. The monoisotopic (exact) mass is 418 g/mol. The third kappa shape index (κ3) is 4.33. The van der Waals surface area contributed by atoms with Crippen molar-refractivity contribution >= 4 is 21.8 Å². The van der Waals surface area contributed by atoms with Crippen LogP contribution in [0.25, 0.3) is 0 Å². The first-order chi connectivity index (χ1) is 13.6. The molecule has 0 aliphatic rings. The summed E-state index contributed by atoms with van der Waals surface area (Å²) in [6.45, 7) is 10.3. The van der Waals surface area contributed by atoms with E-state index in [0.717, 1.165) is 9.87 Å². The number of sulfonamides is 1. The third-order valence-corrected chi connectivity index (χ3v) is 6.77. The van der Waals surface area contributed by atoms with Crippen molar-refractivity contribution in [2.45, 2.75) is 38.6 Å². The van der Waals surface area contributed by atoms with Crippen molar-refractivity contribution in [2.24, 2.45) is 0 Å². The van der Waals surface area contributed by atoms with Gasteiger partial charge in [-0.15, -0.1) is 6.58 Å². The number of carbonyl (C=O) groups is 2. The average Bonchev–Trinajstić information content (AvgIpc) is 2.98. The summed E-state index contributed by atoms with van der Waals surface area (Å²) in [5.74, 6) is -1.00. The highest BCUT2D eigenvalue weighted by molar-refractivity contribution is 7.89. The fraction of sp³-hybridized carbons (Fsp3) is 0.333. The summed E-state index contributed by atoms with van der Waals surface area (Å²) in [7, 11) is -2.68. The van der Waals surface area contributed by atoms with Crippen molar-refractivity contribution < 1.29 is 22.7 Å². The SMILES string of the molecule is C=CCN(C(C)C(=O)c1c(C)[nH]c(C(=O)OC)c1C)S(=O)(=O)c1ccc(C)cc1. The fourth-order valence-electron chi connectivity index (χ4n) is 3.20. The lowest BCUT2D eigenvalue weighted by Gasteiger charge is -2.26. The maximum atomic E-state index is 13.2. The molecule has 1 N–H and O–H groups in total. The Morgan fingerprint density at radius 3 is 2.31 bits per heavy atom. The molecule has 0 aliphatic carbocycles. The number of Topliss-reactive ketones (excluding diaryl/α,β-unsaturated/α-hetero) is 1. The summed E-state index contributed by atoms with van der Waals surface area (Å²) in [5.41, 5.74) is 2.30. The van der Waals surface area contributed by atoms with E-state index in [2.05, 4.69) is 11.6 Å². The molecule has 156 valence electrons. The van der Waals surface area contributed by atoms with E-state index in [4.69, 9.17) is 4.74 Å². The molecule has 0 bridgehead atoms. The van der Waals surface area contributed by atoms with Gasteiger partial charge in [-0.2, -0.15) is 4.31 Å². The molecular formula is C21H26N2O5S. The second-order valence-corrected chi connectivity index (χ2v) is 8.72. The molecule has 0 amide bonds. The topological polar surface area (TPSA) is 96.5 Å². The fourth-order valence-corrected chi connectivity index (χ4v) is 4.77. The molecule has 0 saturated heterocycles. The molecule has 8 heteroatoms. The average molecular weight is 419 g/mol. The van der Waals surface area contributed by atoms with Crippen molar-refractivity contribution in [1.29, 1.82) is 0 Å². The van der Waals surface area contributed by atoms with Crippen LogP contribution in [-0.4, -0.2) is 49.2 Å². The number of methoxy groups -OCH3 is 1. The van der Waals surface area contributed by atoms with Gasteiger partial charge in [-0.05, 0) is 45.4 Å². The molecule has 1 aromatic heterocycles. The lowest BCUT2D eigenvalue weighted by atomic mass is 10.0. The number of ether oxygens (including phenoxy) is 1. The Labute approximate surface area is 171 Å². The van der Waals surface area contributed by atoms with E-state index in [-0.39, 0.29) is 22.7 Å². The number of benzene rings is 1. The number of aryl methyl sites for hydroxylation is 2. The van der Waals surface area contributed by atoms with Gasteiger partial charge < -0.3 is 9.72 Å². The highest BCUT2D eigenvalue weighted by Crippen LogP contribution is 2.25. The predicted molar refractivity (Wildman–Crippen MR) is 111 cm³/mol. The van der Waals surface area contributed by atoms with E-state index < -0.39 is 27.8 Å². The van der Waals surface area contributed by atoms with Crippen LogP contribution < -0.4 is 0 Å². The molecule has 0 spiro atoms. The van der Waals surface area contributed by atoms with Gasteiger partial charge in [-0.1, -0.05) is 23.8 Å². The molecule has 0 aliphatic heterocycles. The molecule has 7 nitrogen and oxygen atoms in total. The summed E-state index contributed by atoms with van der Waals surface area (Å²) in [6.07, 6.45) is 1.44. The molecule has 1 heterocycles. The summed E-state index contributed by atoms with van der Waals surface area (Å²) >= 11 is 0. The largest absolute Gasteiger partial charge is 0.464 e. The van der Waals surface area contributed by atoms with Crippen LogP contribution in [0, 0.1) is 20.8 Å². The van der Waals surface area contributed by atoms with Gasteiger partial charge in [0.05, 0.1) is 18.0 Å². The zero-order chi connectivity index (χ0) is 21.9. The van der Waals surface area contributed by atoms with Crippen molar-refractivity contribution in [3.63, 3.8) is 0 Å². The first kappa shape index (κ1) is 22.6. The van der Waals surface area contributed by atoms with Gasteiger partial charge in [0.2, 0.25) is 10.0 Å². The van der Waals surface area contributed by atoms with Gasteiger partial charge in [-0.3, -0.25) is 4.79 Å². The van der Waals surface area contributed by atoms with Crippen LogP contribution in [-0.2, 0) is 14.8 Å². The number of hydrogen-bond acceptors (Lipinski definition) is 5. The maximum Gasteiger partial charge on any atom is 0.354 e. The summed E-state index contributed by atoms with van der Waals surface area (Å²) in [5, 5.41) is 0. The van der Waals surface area contributed by atoms with Crippen molar-refractivity contribution in [3.8, 4) is 0 Å². The Bertz CT molecular complexity index is 1040. The Morgan fingerprint density at radius 1 is 1.21 bits per heavy atom. The van der Waals surface area contributed by atoms with Crippen LogP contribution in [0.5, 0.6) is 0 Å². The first-order valence-electron chi connectivity index (χ1n) is 9.07. The smallest absolute Gasteiger partial charge is 0.354 e. The number of aromatic amines is 1. The number of carbonyl (C=O) groups excluding carboxylic acids is 2. The van der Waals surface area contributed by atoms with Gasteiger partial charge in [0.25, 0.3) is 0 Å². The van der Waals surface area contributed by atoms with Gasteiger partial charge in [-0.25, -0.2) is 13.2 Å². The Kier molecular flexibility index (Phi) is 6.81. The zero-order valence-electron chi connectivity index (χ0n) is 17.3. The number of ketones is 1. The number of rotatable bonds is 8. The number of H-pyrrole nitrogens is 1. The van der Waals surface area contributed by atoms with E-state index in [1.54, 1.807) is 26.0 Å². The highest BCUT2D eigenvalue weighted by atomic mass is 32.2. The van der Waals surface area contributed by atoms with Gasteiger partial charge >= 0.3 is 5.97 Å². The summed E-state index contributed by atoms with van der Waals surface area (Å²) in [6, 6.07) is 5.43. The number of nitrogens with zero attached hydrogens (tertiary/aromatic N) is 1. The van der Waals surface area contributed by atoms with E-state index in [1.165, 1.54) is 32.2 Å². The van der Waals surface area contributed by atoms with Crippen molar-refractivity contribution in [3.05, 3.63) is 65.0 Å². The van der Waals surface area contributed by atoms with Crippen LogP contribution in [0.4, 0.5) is 0 Å². The Hall–Kier alpha value is -2.71. The van der Waals surface area contributed by atoms with Gasteiger partial charge in [0, 0.05) is 17.8 Å². The normalized spacial score (nSPS) is 12.6. The number of aromatic nitrogens is 1. The molecule has 0 saturated carbocycles. The minimum atomic E-state index is -3.93. The standard InChI is InChI=1S/C21H26N2O5S/c1-7-12-23(29(26,27)17-10-8-13(2)9-11-17)16(5)20(24)18-14(3)19(21(25)28-6)22-15(18)4/h7-11,16,22H,1,12H2,2-6H3. The second kappa shape index (κ2) is 8.75. The van der Waals surface area contributed by atoms with E-state index in [9.17, 15) is 18.0 Å². The molecule has 1 unspecified atom stereocenters. The predicted octanol–water partition coefficient (Wildman–Crippen LogP) is 3.17. The maximum absolute atomic E-state index is 13.2. The minimum Gasteiger partial charge on any atom is -0.464 e. The first-order valence-corrected chi connectivity index (χ1v) is 10.5. The highest BCUT2D eigenvalue weighted by Gasteiger charge is 2.35. The Balaban J connectivity index is 2.49. The molecule has 0 fully saturated rings. The molecule has 1 aromatic carbocycles. The molecule has 0 radical (unpaired) electrons. The van der Waals surface area contributed by atoms with Crippen LogP contribution >= 0.6 is 0 Å². The Morgan fingerprint density at radius 2 is 1.79 bits per heavy atom. The van der Waals surface area contributed by atoms with E-state index in [0.29, 0.717) is 11.3 Å². The summed E-state index contributed by atoms with van der Waals surface area (Å²) in [4.78, 5) is 28.1. The number of nitrogens with one attached hydrogen (secondary N) is 1. The van der Waals surface area contributed by atoms with Crippen LogP contribution in [0.1, 0.15) is 44.6 Å².